The van der Waals surface area contributed by atoms with Crippen LogP contribution in [0.4, 0.5) is 29.5 Å². The van der Waals surface area contributed by atoms with Gasteiger partial charge in [-0.05, 0) is 73.0 Å². The number of aromatic nitrogens is 5. The van der Waals surface area contributed by atoms with Crippen LogP contribution in [0.3, 0.4) is 0 Å². The molecule has 0 spiro atoms. The number of hydrogen-bond acceptors (Lipinski definition) is 10. The Hall–Kier alpha value is -6.91. The van der Waals surface area contributed by atoms with E-state index >= 15 is 8.78 Å². The summed E-state index contributed by atoms with van der Waals surface area (Å²) in [7, 11) is 1.57. The molecule has 2 unspecified atom stereocenters. The van der Waals surface area contributed by atoms with E-state index in [-0.39, 0.29) is 66.9 Å². The first-order valence-electron chi connectivity index (χ1n) is 18.6. The number of alkyl halides is 1. The molecule has 1 aliphatic rings. The lowest BCUT2D eigenvalue weighted by molar-refractivity contribution is 0.0719. The van der Waals surface area contributed by atoms with E-state index in [4.69, 9.17) is 19.3 Å². The number of carbonyl (C=O) groups excluding carboxylic acids is 2. The highest BCUT2D eigenvalue weighted by Crippen LogP contribution is 2.37. The maximum absolute atomic E-state index is 15.7. The molecular weight excluding hydrogens is 757 g/mol. The van der Waals surface area contributed by atoms with Gasteiger partial charge in [-0.25, -0.2) is 27.6 Å². The third-order valence-corrected chi connectivity index (χ3v) is 9.50. The van der Waals surface area contributed by atoms with Gasteiger partial charge in [0.25, 0.3) is 11.5 Å². The maximum atomic E-state index is 15.7. The molecule has 4 heterocycles. The van der Waals surface area contributed by atoms with Gasteiger partial charge in [-0.3, -0.25) is 9.59 Å². The lowest BCUT2D eigenvalue weighted by atomic mass is 10.0. The lowest BCUT2D eigenvalue weighted by Gasteiger charge is -2.34. The van der Waals surface area contributed by atoms with E-state index in [1.807, 2.05) is 31.2 Å². The average Bonchev–Trinajstić information content (AvgIpc) is 3.57. The van der Waals surface area contributed by atoms with E-state index < -0.39 is 41.4 Å². The van der Waals surface area contributed by atoms with Gasteiger partial charge in [-0.2, -0.15) is 14.9 Å². The standard InChI is InChI=1S/C41H39F3N8O6/c1-3-4-21-57-41(55)50-20-17-33(32(44)24-50)48-37-36-35(16-18-45-38(36)51(49-37)23-25-5-12-29(56-2)13-6-25)58-34-14-9-27(22-31(34)43)47-39(53)30-15-19-46-52(40(30)54)28-10-7-26(42)8-11-28/h5-16,18-19,22,32-33H,3-4,17,20-21,23-24H2,1-2H3,(H,47,53)(H,48,49). The van der Waals surface area contributed by atoms with Crippen molar-refractivity contribution in [3.05, 3.63) is 124 Å². The van der Waals surface area contributed by atoms with Gasteiger partial charge in [0, 0.05) is 36.8 Å². The number of unbranched alkanes of at least 4 members (excludes halogenated alkanes) is 1. The van der Waals surface area contributed by atoms with Crippen LogP contribution in [0.2, 0.25) is 0 Å². The molecule has 1 fully saturated rings. The second-order valence-electron chi connectivity index (χ2n) is 13.5. The molecule has 2 N–H and O–H groups in total. The monoisotopic (exact) mass is 796 g/mol. The smallest absolute Gasteiger partial charge is 0.409 e. The summed E-state index contributed by atoms with van der Waals surface area (Å²) in [5.74, 6) is -1.30. The molecular formula is C41H39F3N8O6. The van der Waals surface area contributed by atoms with Crippen LogP contribution in [0, 0.1) is 11.6 Å². The van der Waals surface area contributed by atoms with Crippen molar-refractivity contribution in [1.82, 2.24) is 29.4 Å². The number of carbonyl (C=O) groups is 2. The van der Waals surface area contributed by atoms with E-state index in [0.29, 0.717) is 16.8 Å². The fourth-order valence-electron chi connectivity index (χ4n) is 6.40. The number of fused-ring (bicyclic) bond motifs is 1. The Labute approximate surface area is 330 Å². The molecule has 300 valence electrons. The number of anilines is 2. The van der Waals surface area contributed by atoms with Crippen molar-refractivity contribution in [2.24, 2.45) is 0 Å². The number of nitrogens with one attached hydrogen (secondary N) is 2. The molecule has 0 aliphatic carbocycles. The Morgan fingerprint density at radius 3 is 2.48 bits per heavy atom. The number of hydrogen-bond donors (Lipinski definition) is 2. The van der Waals surface area contributed by atoms with Gasteiger partial charge in [-0.15, -0.1) is 0 Å². The maximum Gasteiger partial charge on any atom is 0.409 e. The average molecular weight is 797 g/mol. The highest BCUT2D eigenvalue weighted by atomic mass is 19.1. The Kier molecular flexibility index (Phi) is 11.9. The van der Waals surface area contributed by atoms with E-state index in [1.54, 1.807) is 11.8 Å². The van der Waals surface area contributed by atoms with Crippen LogP contribution in [-0.2, 0) is 11.3 Å². The predicted octanol–water partition coefficient (Wildman–Crippen LogP) is 7.12. The number of piperidine rings is 1. The first-order chi connectivity index (χ1) is 28.1. The van der Waals surface area contributed by atoms with Gasteiger partial charge in [0.05, 0.1) is 38.5 Å². The molecule has 2 atom stereocenters. The normalized spacial score (nSPS) is 15.2. The van der Waals surface area contributed by atoms with Crippen LogP contribution in [0.1, 0.15) is 42.1 Å². The van der Waals surface area contributed by atoms with Crippen molar-refractivity contribution in [2.75, 3.05) is 37.4 Å². The third kappa shape index (κ3) is 8.72. The summed E-state index contributed by atoms with van der Waals surface area (Å²) < 4.78 is 64.1. The second-order valence-corrected chi connectivity index (χ2v) is 13.5. The van der Waals surface area contributed by atoms with Crippen LogP contribution in [0.5, 0.6) is 17.2 Å². The summed E-state index contributed by atoms with van der Waals surface area (Å²) in [5.41, 5.74) is 0.477. The van der Waals surface area contributed by atoms with Gasteiger partial charge >= 0.3 is 6.09 Å². The van der Waals surface area contributed by atoms with Gasteiger partial charge < -0.3 is 29.7 Å². The number of methoxy groups -OCH3 is 1. The first kappa shape index (κ1) is 39.3. The van der Waals surface area contributed by atoms with Crippen molar-refractivity contribution in [3.63, 3.8) is 0 Å². The molecule has 0 saturated carbocycles. The minimum atomic E-state index is -1.46. The predicted molar refractivity (Wildman–Crippen MR) is 209 cm³/mol. The Bertz CT molecular complexity index is 2480. The molecule has 2 amide bonds. The molecule has 3 aromatic carbocycles. The van der Waals surface area contributed by atoms with Crippen LogP contribution >= 0.6 is 0 Å². The van der Waals surface area contributed by atoms with Crippen molar-refractivity contribution in [2.45, 2.75) is 44.9 Å². The molecule has 0 radical (unpaired) electrons. The summed E-state index contributed by atoms with van der Waals surface area (Å²) in [6, 6.07) is 18.1. The van der Waals surface area contributed by atoms with E-state index in [9.17, 15) is 18.8 Å². The molecule has 7 rings (SSSR count). The van der Waals surface area contributed by atoms with Crippen LogP contribution in [0.15, 0.2) is 96.1 Å². The molecule has 58 heavy (non-hydrogen) atoms. The molecule has 1 aliphatic heterocycles. The molecule has 1 saturated heterocycles. The Morgan fingerprint density at radius 2 is 1.76 bits per heavy atom. The zero-order valence-corrected chi connectivity index (χ0v) is 31.5. The minimum Gasteiger partial charge on any atom is -0.497 e. The molecule has 14 nitrogen and oxygen atoms in total. The Morgan fingerprint density at radius 1 is 0.966 bits per heavy atom. The van der Waals surface area contributed by atoms with Gasteiger partial charge in [0.1, 0.15) is 34.4 Å². The SMILES string of the molecule is CCCCOC(=O)N1CCC(Nc2nn(Cc3ccc(OC)cc3)c3nccc(Oc4ccc(NC(=O)c5ccnn(-c6ccc(F)cc6)c5=O)cc4F)c23)C(F)C1. The minimum absolute atomic E-state index is 0.0310. The first-order valence-corrected chi connectivity index (χ1v) is 18.6. The van der Waals surface area contributed by atoms with Crippen LogP contribution < -0.4 is 25.7 Å². The third-order valence-electron chi connectivity index (χ3n) is 9.50. The lowest BCUT2D eigenvalue weighted by Crippen LogP contribution is -2.50. The fraction of sp³-hybridized carbons (Fsp3) is 0.268. The topological polar surface area (TPSA) is 155 Å². The number of rotatable bonds is 13. The highest BCUT2D eigenvalue weighted by Gasteiger charge is 2.34. The quantitative estimate of drug-likeness (QED) is 0.116. The molecule has 6 aromatic rings. The number of amides is 2. The number of ether oxygens (including phenoxy) is 3. The number of benzene rings is 3. The number of halogens is 3. The van der Waals surface area contributed by atoms with Crippen LogP contribution in [0.25, 0.3) is 16.7 Å². The molecule has 3 aromatic heterocycles. The summed E-state index contributed by atoms with van der Waals surface area (Å²) in [4.78, 5) is 44.7. The summed E-state index contributed by atoms with van der Waals surface area (Å²) in [5, 5.41) is 14.8. The van der Waals surface area contributed by atoms with E-state index in [1.165, 1.54) is 53.7 Å². The van der Waals surface area contributed by atoms with E-state index in [0.717, 1.165) is 41.3 Å². The fourth-order valence-corrected chi connectivity index (χ4v) is 6.40. The summed E-state index contributed by atoms with van der Waals surface area (Å²) in [6.07, 6.45) is 2.54. The summed E-state index contributed by atoms with van der Waals surface area (Å²) in [6.45, 7) is 2.61. The van der Waals surface area contributed by atoms with Gasteiger partial charge in [-0.1, -0.05) is 25.5 Å². The van der Waals surface area contributed by atoms with Crippen LogP contribution in [-0.4, -0.2) is 80.5 Å². The zero-order chi connectivity index (χ0) is 40.8. The van der Waals surface area contributed by atoms with Gasteiger partial charge in [0.15, 0.2) is 23.0 Å². The Balaban J connectivity index is 1.13. The molecule has 17 heteroatoms. The number of likely N-dealkylation sites (tertiary alicyclic amines) is 1. The molecule has 0 bridgehead atoms. The summed E-state index contributed by atoms with van der Waals surface area (Å²) >= 11 is 0. The highest BCUT2D eigenvalue weighted by molar-refractivity contribution is 6.04. The van der Waals surface area contributed by atoms with Crippen molar-refractivity contribution in [3.8, 4) is 22.9 Å². The zero-order valence-electron chi connectivity index (χ0n) is 31.5. The van der Waals surface area contributed by atoms with Crippen molar-refractivity contribution in [1.29, 1.82) is 0 Å². The van der Waals surface area contributed by atoms with Gasteiger partial charge in [0.2, 0.25) is 0 Å². The second kappa shape index (κ2) is 17.5. The number of pyridine rings is 1. The largest absolute Gasteiger partial charge is 0.497 e. The van der Waals surface area contributed by atoms with Crippen molar-refractivity contribution >= 4 is 34.5 Å². The number of nitrogens with zero attached hydrogens (tertiary/aromatic N) is 6. The van der Waals surface area contributed by atoms with Crippen molar-refractivity contribution < 1.29 is 37.0 Å². The van der Waals surface area contributed by atoms with E-state index in [2.05, 4.69) is 20.7 Å².